The van der Waals surface area contributed by atoms with Gasteiger partial charge in [-0.15, -0.1) is 10.2 Å². The topological polar surface area (TPSA) is 89.0 Å². The average Bonchev–Trinajstić information content (AvgIpc) is 2.99. The Morgan fingerprint density at radius 2 is 1.54 bits per heavy atom. The van der Waals surface area contributed by atoms with E-state index in [1.54, 1.807) is 14.2 Å². The number of fused-ring (bicyclic) bond motifs is 1. The van der Waals surface area contributed by atoms with E-state index < -0.39 is 0 Å². The van der Waals surface area contributed by atoms with Crippen molar-refractivity contribution in [1.29, 1.82) is 0 Å². The van der Waals surface area contributed by atoms with Crippen LogP contribution < -0.4 is 19.5 Å². The molecule has 1 fully saturated rings. The van der Waals surface area contributed by atoms with E-state index in [0.717, 1.165) is 77.6 Å². The molecule has 2 N–H and O–H groups in total. The van der Waals surface area contributed by atoms with Crippen LogP contribution in [0.1, 0.15) is 24.8 Å². The Morgan fingerprint density at radius 3 is 2.23 bits per heavy atom. The predicted molar refractivity (Wildman–Crippen MR) is 154 cm³/mol. The normalized spacial score (nSPS) is 14.3. The van der Waals surface area contributed by atoms with Crippen LogP contribution >= 0.6 is 0 Å². The summed E-state index contributed by atoms with van der Waals surface area (Å²) in [4.78, 5) is 2.49. The van der Waals surface area contributed by atoms with E-state index in [-0.39, 0.29) is 6.61 Å². The quantitative estimate of drug-likeness (QED) is 0.258. The van der Waals surface area contributed by atoms with Crippen molar-refractivity contribution >= 4 is 16.6 Å². The van der Waals surface area contributed by atoms with Gasteiger partial charge in [-0.1, -0.05) is 12.1 Å². The number of nitrogens with one attached hydrogen (secondary N) is 1. The molecule has 0 amide bonds. The summed E-state index contributed by atoms with van der Waals surface area (Å²) in [6.45, 7) is 3.61. The molecule has 0 bridgehead atoms. The number of aromatic nitrogens is 2. The van der Waals surface area contributed by atoms with Crippen LogP contribution in [0.15, 0.2) is 66.7 Å². The van der Waals surface area contributed by atoms with E-state index in [4.69, 9.17) is 19.3 Å². The van der Waals surface area contributed by atoms with Crippen LogP contribution in [0.3, 0.4) is 0 Å². The Labute approximate surface area is 229 Å². The fraction of sp³-hybridized carbons (Fsp3) is 0.355. The molecule has 3 aromatic carbocycles. The van der Waals surface area contributed by atoms with E-state index in [1.165, 1.54) is 5.56 Å². The van der Waals surface area contributed by atoms with Crippen molar-refractivity contribution in [3.8, 4) is 28.5 Å². The number of ether oxygens (including phenoxy) is 3. The molecule has 0 aliphatic carbocycles. The number of aliphatic hydroxyl groups excluding tert-OH is 1. The second-order valence-corrected chi connectivity index (χ2v) is 9.80. The number of benzene rings is 3. The number of nitrogens with zero attached hydrogens (tertiary/aromatic N) is 3. The van der Waals surface area contributed by atoms with Crippen LogP contribution in [0.5, 0.6) is 17.2 Å². The molecule has 0 radical (unpaired) electrons. The molecule has 0 atom stereocenters. The van der Waals surface area contributed by atoms with Crippen LogP contribution in [0.4, 0.5) is 5.82 Å². The number of hydrogen-bond acceptors (Lipinski definition) is 8. The number of anilines is 1. The largest absolute Gasteiger partial charge is 0.497 e. The third kappa shape index (κ3) is 6.58. The highest BCUT2D eigenvalue weighted by Gasteiger charge is 2.21. The molecule has 1 aromatic heterocycles. The second kappa shape index (κ2) is 12.8. The zero-order valence-electron chi connectivity index (χ0n) is 22.6. The van der Waals surface area contributed by atoms with Crippen LogP contribution in [-0.4, -0.2) is 66.8 Å². The van der Waals surface area contributed by atoms with Gasteiger partial charge in [-0.05, 0) is 73.0 Å². The van der Waals surface area contributed by atoms with Crippen molar-refractivity contribution in [3.05, 3.63) is 72.3 Å². The lowest BCUT2D eigenvalue weighted by Gasteiger charge is -2.32. The van der Waals surface area contributed by atoms with Gasteiger partial charge in [0.2, 0.25) is 0 Å². The number of aliphatic hydroxyl groups is 1. The van der Waals surface area contributed by atoms with Gasteiger partial charge in [-0.25, -0.2) is 0 Å². The molecule has 1 aliphatic heterocycles. The maximum Gasteiger partial charge on any atom is 0.156 e. The highest BCUT2D eigenvalue weighted by molar-refractivity contribution is 6.00. The number of methoxy groups -OCH3 is 2. The summed E-state index contributed by atoms with van der Waals surface area (Å²) in [5.41, 5.74) is 3.09. The van der Waals surface area contributed by atoms with Crippen molar-refractivity contribution in [2.45, 2.75) is 31.8 Å². The van der Waals surface area contributed by atoms with E-state index in [9.17, 15) is 0 Å². The maximum absolute atomic E-state index is 8.90. The first-order valence-electron chi connectivity index (χ1n) is 13.5. The zero-order chi connectivity index (χ0) is 27.0. The maximum atomic E-state index is 8.90. The van der Waals surface area contributed by atoms with Gasteiger partial charge in [0, 0.05) is 55.0 Å². The fourth-order valence-corrected chi connectivity index (χ4v) is 4.96. The summed E-state index contributed by atoms with van der Waals surface area (Å²) in [6.07, 6.45) is 2.69. The first-order valence-corrected chi connectivity index (χ1v) is 13.5. The lowest BCUT2D eigenvalue weighted by atomic mass is 10.0. The Hall–Kier alpha value is -3.88. The SMILES string of the molecule is COc1ccc(-c2nnc(NC3CCN(Cc4ccc(OCCCO)cc4)CC3)c3cc(OC)ccc23)cc1. The third-order valence-corrected chi connectivity index (χ3v) is 7.18. The summed E-state index contributed by atoms with van der Waals surface area (Å²) in [6, 6.07) is 22.5. The molecule has 1 saturated heterocycles. The van der Waals surface area contributed by atoms with Crippen LogP contribution in [-0.2, 0) is 6.54 Å². The Balaban J connectivity index is 1.24. The summed E-state index contributed by atoms with van der Waals surface area (Å²) in [5.74, 6) is 3.23. The minimum atomic E-state index is 0.148. The van der Waals surface area contributed by atoms with Crippen molar-refractivity contribution < 1.29 is 19.3 Å². The minimum Gasteiger partial charge on any atom is -0.497 e. The van der Waals surface area contributed by atoms with Gasteiger partial charge in [-0.2, -0.15) is 0 Å². The van der Waals surface area contributed by atoms with Crippen LogP contribution in [0.25, 0.3) is 22.0 Å². The van der Waals surface area contributed by atoms with Crippen molar-refractivity contribution in [2.75, 3.05) is 45.8 Å². The van der Waals surface area contributed by atoms with E-state index >= 15 is 0 Å². The summed E-state index contributed by atoms with van der Waals surface area (Å²) >= 11 is 0. The summed E-state index contributed by atoms with van der Waals surface area (Å²) in [7, 11) is 3.35. The van der Waals surface area contributed by atoms with Gasteiger partial charge >= 0.3 is 0 Å². The Bertz CT molecular complexity index is 1350. The van der Waals surface area contributed by atoms with Crippen molar-refractivity contribution in [1.82, 2.24) is 15.1 Å². The molecule has 8 heteroatoms. The van der Waals surface area contributed by atoms with Gasteiger partial charge in [0.25, 0.3) is 0 Å². The zero-order valence-corrected chi connectivity index (χ0v) is 22.6. The third-order valence-electron chi connectivity index (χ3n) is 7.18. The molecule has 0 saturated carbocycles. The highest BCUT2D eigenvalue weighted by Crippen LogP contribution is 2.34. The fourth-order valence-electron chi connectivity index (χ4n) is 4.96. The number of likely N-dealkylation sites (tertiary alicyclic amines) is 1. The van der Waals surface area contributed by atoms with Gasteiger partial charge in [-0.3, -0.25) is 4.90 Å². The van der Waals surface area contributed by atoms with E-state index in [1.807, 2.05) is 48.5 Å². The van der Waals surface area contributed by atoms with Crippen LogP contribution in [0, 0.1) is 0 Å². The smallest absolute Gasteiger partial charge is 0.156 e. The number of piperidine rings is 1. The molecule has 204 valence electrons. The summed E-state index contributed by atoms with van der Waals surface area (Å²) in [5, 5.41) is 23.9. The van der Waals surface area contributed by atoms with Gasteiger partial charge in [0.05, 0.1) is 20.8 Å². The lowest BCUT2D eigenvalue weighted by Crippen LogP contribution is -2.38. The van der Waals surface area contributed by atoms with Crippen molar-refractivity contribution in [2.24, 2.45) is 0 Å². The minimum absolute atomic E-state index is 0.148. The first kappa shape index (κ1) is 26.7. The standard InChI is InChI=1S/C31H36N4O4/c1-37-25-10-6-23(7-11-25)30-28-13-12-27(38-2)20-29(28)31(34-33-30)32-24-14-16-35(17-15-24)21-22-4-8-26(9-5-22)39-19-3-18-36/h4-13,20,24,36H,3,14-19,21H2,1-2H3,(H,32,34). The Morgan fingerprint density at radius 1 is 0.846 bits per heavy atom. The number of hydrogen-bond donors (Lipinski definition) is 2. The van der Waals surface area contributed by atoms with Crippen LogP contribution in [0.2, 0.25) is 0 Å². The molecule has 0 unspecified atom stereocenters. The molecule has 0 spiro atoms. The molecule has 39 heavy (non-hydrogen) atoms. The number of rotatable bonds is 11. The molecule has 2 heterocycles. The van der Waals surface area contributed by atoms with Gasteiger partial charge in [0.1, 0.15) is 22.9 Å². The molecule has 8 nitrogen and oxygen atoms in total. The molecular weight excluding hydrogens is 492 g/mol. The monoisotopic (exact) mass is 528 g/mol. The van der Waals surface area contributed by atoms with E-state index in [2.05, 4.69) is 38.6 Å². The average molecular weight is 529 g/mol. The first-order chi connectivity index (χ1) is 19.2. The predicted octanol–water partition coefficient (Wildman–Crippen LogP) is 5.15. The second-order valence-electron chi connectivity index (χ2n) is 9.80. The van der Waals surface area contributed by atoms with Crippen molar-refractivity contribution in [3.63, 3.8) is 0 Å². The van der Waals surface area contributed by atoms with Gasteiger partial charge < -0.3 is 24.6 Å². The summed E-state index contributed by atoms with van der Waals surface area (Å²) < 4.78 is 16.5. The Kier molecular flexibility index (Phi) is 8.75. The molecular formula is C31H36N4O4. The molecule has 5 rings (SSSR count). The highest BCUT2D eigenvalue weighted by atomic mass is 16.5. The van der Waals surface area contributed by atoms with E-state index in [0.29, 0.717) is 19.1 Å². The lowest BCUT2D eigenvalue weighted by molar-refractivity contribution is 0.211. The molecule has 4 aromatic rings. The van der Waals surface area contributed by atoms with Gasteiger partial charge in [0.15, 0.2) is 5.82 Å². The molecule has 1 aliphatic rings.